The van der Waals surface area contributed by atoms with Crippen molar-refractivity contribution < 1.29 is 9.32 Å². The van der Waals surface area contributed by atoms with E-state index in [1.807, 2.05) is 69.4 Å². The molecular weight excluding hydrogens is 412 g/mol. The van der Waals surface area contributed by atoms with E-state index in [4.69, 9.17) is 4.52 Å². The highest BCUT2D eigenvalue weighted by atomic mass is 32.2. The van der Waals surface area contributed by atoms with Crippen LogP contribution in [0.1, 0.15) is 11.1 Å². The van der Waals surface area contributed by atoms with Gasteiger partial charge in [-0.3, -0.25) is 4.79 Å². The lowest BCUT2D eigenvalue weighted by Gasteiger charge is -2.17. The molecule has 1 amide bonds. The number of anilines is 1. The molecule has 0 saturated heterocycles. The summed E-state index contributed by atoms with van der Waals surface area (Å²) in [4.78, 5) is 18.7. The molecule has 0 radical (unpaired) electrons. The molecule has 9 heteroatoms. The Morgan fingerprint density at radius 1 is 1.10 bits per heavy atom. The van der Waals surface area contributed by atoms with Gasteiger partial charge in [0.15, 0.2) is 5.16 Å². The van der Waals surface area contributed by atoms with E-state index in [2.05, 4.69) is 20.3 Å². The van der Waals surface area contributed by atoms with Crippen LogP contribution in [0.4, 0.5) is 5.69 Å². The number of nitrogens with zero attached hydrogens (tertiary/aromatic N) is 6. The predicted octanol–water partition coefficient (Wildman–Crippen LogP) is 3.90. The van der Waals surface area contributed by atoms with Gasteiger partial charge in [-0.2, -0.15) is 4.98 Å². The molecule has 0 fully saturated rings. The van der Waals surface area contributed by atoms with Gasteiger partial charge >= 0.3 is 0 Å². The van der Waals surface area contributed by atoms with E-state index >= 15 is 0 Å². The first-order valence-corrected chi connectivity index (χ1v) is 10.7. The molecular formula is C22H22N6O2S. The van der Waals surface area contributed by atoms with Crippen molar-refractivity contribution in [2.75, 3.05) is 17.7 Å². The number of carbonyl (C=O) groups excluding carboxylic acids is 1. The Hall–Kier alpha value is -3.46. The highest BCUT2D eigenvalue weighted by Gasteiger charge is 2.20. The molecule has 0 aliphatic carbocycles. The van der Waals surface area contributed by atoms with Crippen LogP contribution in [-0.4, -0.2) is 43.6 Å². The Labute approximate surface area is 184 Å². The second kappa shape index (κ2) is 8.73. The average molecular weight is 435 g/mol. The lowest BCUT2D eigenvalue weighted by molar-refractivity contribution is -0.115. The van der Waals surface area contributed by atoms with Crippen LogP contribution in [0.15, 0.2) is 58.2 Å². The van der Waals surface area contributed by atoms with E-state index < -0.39 is 0 Å². The molecule has 2 aromatic heterocycles. The standard InChI is InChI=1S/C22H22N6O2S/c1-14-8-10-16(11-9-14)19-23-21(30-26-19)20-24-25-22(28(20)4)31-13-18(29)27(3)17-7-5-6-15(2)12-17/h5-12H,13H2,1-4H3. The minimum absolute atomic E-state index is 0.0282. The Bertz CT molecular complexity index is 1210. The molecule has 0 aliphatic rings. The van der Waals surface area contributed by atoms with Crippen molar-refractivity contribution in [2.24, 2.45) is 7.05 Å². The molecule has 31 heavy (non-hydrogen) atoms. The summed E-state index contributed by atoms with van der Waals surface area (Å²) >= 11 is 1.31. The Kier molecular flexibility index (Phi) is 5.85. The number of amides is 1. The van der Waals surface area contributed by atoms with Gasteiger partial charge in [-0.05, 0) is 31.5 Å². The molecule has 2 aromatic carbocycles. The molecule has 4 rings (SSSR count). The maximum atomic E-state index is 12.6. The van der Waals surface area contributed by atoms with E-state index in [1.54, 1.807) is 16.5 Å². The molecule has 0 aliphatic heterocycles. The highest BCUT2D eigenvalue weighted by Crippen LogP contribution is 2.25. The summed E-state index contributed by atoms with van der Waals surface area (Å²) in [6.45, 7) is 4.02. The van der Waals surface area contributed by atoms with Crippen LogP contribution < -0.4 is 4.90 Å². The number of thioether (sulfide) groups is 1. The van der Waals surface area contributed by atoms with Gasteiger partial charge in [0.25, 0.3) is 5.89 Å². The minimum Gasteiger partial charge on any atom is -0.330 e. The summed E-state index contributed by atoms with van der Waals surface area (Å²) in [5.41, 5.74) is 3.98. The first kappa shape index (κ1) is 20.8. The van der Waals surface area contributed by atoms with Gasteiger partial charge in [0, 0.05) is 25.3 Å². The summed E-state index contributed by atoms with van der Waals surface area (Å²) in [6, 6.07) is 15.7. The summed E-state index contributed by atoms with van der Waals surface area (Å²) < 4.78 is 7.14. The van der Waals surface area contributed by atoms with Gasteiger partial charge < -0.3 is 14.0 Å². The fourth-order valence-corrected chi connectivity index (χ4v) is 3.79. The van der Waals surface area contributed by atoms with Crippen molar-refractivity contribution in [1.82, 2.24) is 24.9 Å². The quantitative estimate of drug-likeness (QED) is 0.425. The SMILES string of the molecule is Cc1ccc(-c2noc(-c3nnc(SCC(=O)N(C)c4cccc(C)c4)n3C)n2)cc1. The molecule has 2 heterocycles. The van der Waals surface area contributed by atoms with E-state index in [1.165, 1.54) is 11.8 Å². The van der Waals surface area contributed by atoms with Crippen LogP contribution in [0, 0.1) is 13.8 Å². The van der Waals surface area contributed by atoms with Crippen LogP contribution in [0.3, 0.4) is 0 Å². The second-order valence-electron chi connectivity index (χ2n) is 7.23. The Morgan fingerprint density at radius 2 is 1.87 bits per heavy atom. The Balaban J connectivity index is 1.45. The van der Waals surface area contributed by atoms with Crippen LogP contribution in [0.2, 0.25) is 0 Å². The maximum absolute atomic E-state index is 12.6. The summed E-state index contributed by atoms with van der Waals surface area (Å²) in [7, 11) is 3.58. The molecule has 0 saturated carbocycles. The molecule has 0 atom stereocenters. The molecule has 0 N–H and O–H groups in total. The highest BCUT2D eigenvalue weighted by molar-refractivity contribution is 7.99. The first-order chi connectivity index (χ1) is 14.9. The number of benzene rings is 2. The fourth-order valence-electron chi connectivity index (χ4n) is 2.96. The largest absolute Gasteiger partial charge is 0.330 e. The van der Waals surface area contributed by atoms with Crippen molar-refractivity contribution in [3.05, 3.63) is 59.7 Å². The molecule has 8 nitrogen and oxygen atoms in total. The third kappa shape index (κ3) is 4.51. The molecule has 0 bridgehead atoms. The molecule has 0 unspecified atom stereocenters. The molecule has 0 spiro atoms. The van der Waals surface area contributed by atoms with Crippen molar-refractivity contribution in [3.63, 3.8) is 0 Å². The zero-order valence-corrected chi connectivity index (χ0v) is 18.6. The number of aromatic nitrogens is 5. The van der Waals surface area contributed by atoms with Crippen molar-refractivity contribution in [1.29, 1.82) is 0 Å². The van der Waals surface area contributed by atoms with E-state index in [9.17, 15) is 4.79 Å². The summed E-state index contributed by atoms with van der Waals surface area (Å²) in [5, 5.41) is 13.0. The average Bonchev–Trinajstić information content (AvgIpc) is 3.39. The third-order valence-electron chi connectivity index (χ3n) is 4.85. The minimum atomic E-state index is -0.0282. The van der Waals surface area contributed by atoms with E-state index in [0.717, 1.165) is 22.4 Å². The number of hydrogen-bond donors (Lipinski definition) is 0. The van der Waals surface area contributed by atoms with Gasteiger partial charge in [-0.1, -0.05) is 58.9 Å². The topological polar surface area (TPSA) is 89.9 Å². The zero-order valence-electron chi connectivity index (χ0n) is 17.7. The monoisotopic (exact) mass is 434 g/mol. The summed E-state index contributed by atoms with van der Waals surface area (Å²) in [5.74, 6) is 1.42. The summed E-state index contributed by atoms with van der Waals surface area (Å²) in [6.07, 6.45) is 0. The fraction of sp³-hybridized carbons (Fsp3) is 0.227. The normalized spacial score (nSPS) is 11.0. The lowest BCUT2D eigenvalue weighted by atomic mass is 10.1. The second-order valence-corrected chi connectivity index (χ2v) is 8.18. The van der Waals surface area contributed by atoms with Crippen molar-refractivity contribution in [2.45, 2.75) is 19.0 Å². The van der Waals surface area contributed by atoms with Crippen molar-refractivity contribution >= 4 is 23.4 Å². The van der Waals surface area contributed by atoms with Gasteiger partial charge in [0.05, 0.1) is 5.75 Å². The van der Waals surface area contributed by atoms with Crippen LogP contribution in [0.25, 0.3) is 23.1 Å². The number of hydrogen-bond acceptors (Lipinski definition) is 7. The van der Waals surface area contributed by atoms with Gasteiger partial charge in [-0.15, -0.1) is 10.2 Å². The first-order valence-electron chi connectivity index (χ1n) is 9.69. The zero-order chi connectivity index (χ0) is 22.0. The van der Waals surface area contributed by atoms with E-state index in [0.29, 0.717) is 16.8 Å². The van der Waals surface area contributed by atoms with Crippen LogP contribution in [0.5, 0.6) is 0 Å². The number of rotatable bonds is 6. The smallest absolute Gasteiger partial charge is 0.296 e. The lowest BCUT2D eigenvalue weighted by Crippen LogP contribution is -2.28. The van der Waals surface area contributed by atoms with Gasteiger partial charge in [0.1, 0.15) is 0 Å². The van der Waals surface area contributed by atoms with Crippen molar-refractivity contribution in [3.8, 4) is 23.1 Å². The molecule has 4 aromatic rings. The van der Waals surface area contributed by atoms with Gasteiger partial charge in [0.2, 0.25) is 17.6 Å². The predicted molar refractivity (Wildman–Crippen MR) is 120 cm³/mol. The van der Waals surface area contributed by atoms with Crippen LogP contribution >= 0.6 is 11.8 Å². The Morgan fingerprint density at radius 3 is 2.61 bits per heavy atom. The van der Waals surface area contributed by atoms with Gasteiger partial charge in [-0.25, -0.2) is 0 Å². The number of aryl methyl sites for hydroxylation is 2. The number of carbonyl (C=O) groups is 1. The molecule has 158 valence electrons. The van der Waals surface area contributed by atoms with Crippen LogP contribution in [-0.2, 0) is 11.8 Å². The third-order valence-corrected chi connectivity index (χ3v) is 5.85. The van der Waals surface area contributed by atoms with E-state index in [-0.39, 0.29) is 17.6 Å². The maximum Gasteiger partial charge on any atom is 0.296 e.